The van der Waals surface area contributed by atoms with Crippen LogP contribution in [0.1, 0.15) is 36.2 Å². The minimum Gasteiger partial charge on any atom is -0.367 e. The molecule has 1 amide bonds. The van der Waals surface area contributed by atoms with Crippen molar-refractivity contribution in [1.82, 2.24) is 9.97 Å². The Morgan fingerprint density at radius 1 is 1.42 bits per heavy atom. The van der Waals surface area contributed by atoms with E-state index in [1.807, 2.05) is 0 Å². The first kappa shape index (κ1) is 13.9. The SMILES string of the molecule is NC(=O)c1cc(NC2CCC(F)(F)CC2)nc(Cl)n1. The van der Waals surface area contributed by atoms with E-state index in [1.165, 1.54) is 6.07 Å². The molecular formula is C11H13ClF2N4O. The van der Waals surface area contributed by atoms with Gasteiger partial charge in [0.2, 0.25) is 11.2 Å². The lowest BCUT2D eigenvalue weighted by atomic mass is 9.92. The largest absolute Gasteiger partial charge is 0.367 e. The molecule has 0 spiro atoms. The van der Waals surface area contributed by atoms with E-state index in [1.54, 1.807) is 0 Å². The zero-order valence-electron chi connectivity index (χ0n) is 10.00. The van der Waals surface area contributed by atoms with E-state index in [0.29, 0.717) is 18.7 Å². The topological polar surface area (TPSA) is 80.9 Å². The van der Waals surface area contributed by atoms with Crippen molar-refractivity contribution in [3.05, 3.63) is 17.0 Å². The molecule has 8 heteroatoms. The van der Waals surface area contributed by atoms with Crippen molar-refractivity contribution in [2.75, 3.05) is 5.32 Å². The molecule has 5 nitrogen and oxygen atoms in total. The van der Waals surface area contributed by atoms with E-state index in [4.69, 9.17) is 17.3 Å². The molecule has 0 radical (unpaired) electrons. The summed E-state index contributed by atoms with van der Waals surface area (Å²) in [6.45, 7) is 0. The zero-order chi connectivity index (χ0) is 14.0. The summed E-state index contributed by atoms with van der Waals surface area (Å²) in [6.07, 6.45) is 0.347. The average molecular weight is 291 g/mol. The number of carbonyl (C=O) groups is 1. The highest BCUT2D eigenvalue weighted by Gasteiger charge is 2.34. The number of hydrogen-bond acceptors (Lipinski definition) is 4. The Balaban J connectivity index is 2.05. The monoisotopic (exact) mass is 290 g/mol. The Hall–Kier alpha value is -1.50. The van der Waals surface area contributed by atoms with Gasteiger partial charge in [0.1, 0.15) is 11.5 Å². The summed E-state index contributed by atoms with van der Waals surface area (Å²) < 4.78 is 26.0. The lowest BCUT2D eigenvalue weighted by molar-refractivity contribution is -0.0361. The van der Waals surface area contributed by atoms with Crippen molar-refractivity contribution in [3.63, 3.8) is 0 Å². The fourth-order valence-corrected chi connectivity index (χ4v) is 2.19. The van der Waals surface area contributed by atoms with Crippen molar-refractivity contribution in [2.45, 2.75) is 37.6 Å². The smallest absolute Gasteiger partial charge is 0.267 e. The third-order valence-electron chi connectivity index (χ3n) is 3.02. The summed E-state index contributed by atoms with van der Waals surface area (Å²) in [5.41, 5.74) is 5.09. The van der Waals surface area contributed by atoms with Gasteiger partial charge in [-0.15, -0.1) is 0 Å². The molecule has 2 rings (SSSR count). The summed E-state index contributed by atoms with van der Waals surface area (Å²) in [6, 6.07) is 1.24. The summed E-state index contributed by atoms with van der Waals surface area (Å²) in [7, 11) is 0. The minimum atomic E-state index is -2.58. The van der Waals surface area contributed by atoms with Gasteiger partial charge in [0.15, 0.2) is 0 Å². The zero-order valence-corrected chi connectivity index (χ0v) is 10.8. The molecule has 3 N–H and O–H groups in total. The number of rotatable bonds is 3. The van der Waals surface area contributed by atoms with Crippen LogP contribution < -0.4 is 11.1 Å². The van der Waals surface area contributed by atoms with Gasteiger partial charge in [-0.05, 0) is 24.4 Å². The number of primary amides is 1. The van der Waals surface area contributed by atoms with Gasteiger partial charge in [-0.3, -0.25) is 4.79 Å². The van der Waals surface area contributed by atoms with Gasteiger partial charge >= 0.3 is 0 Å². The average Bonchev–Trinajstić information content (AvgIpc) is 2.31. The maximum Gasteiger partial charge on any atom is 0.267 e. The molecule has 0 unspecified atom stereocenters. The molecule has 1 fully saturated rings. The molecule has 0 saturated heterocycles. The number of aromatic nitrogens is 2. The fourth-order valence-electron chi connectivity index (χ4n) is 2.01. The summed E-state index contributed by atoms with van der Waals surface area (Å²) in [5, 5.41) is 2.87. The van der Waals surface area contributed by atoms with E-state index < -0.39 is 11.8 Å². The second-order valence-corrected chi connectivity index (χ2v) is 4.88. The number of anilines is 1. The van der Waals surface area contributed by atoms with Gasteiger partial charge in [0.25, 0.3) is 5.91 Å². The fraction of sp³-hybridized carbons (Fsp3) is 0.545. The summed E-state index contributed by atoms with van der Waals surface area (Å²) in [5.74, 6) is -2.98. The number of amides is 1. The van der Waals surface area contributed by atoms with Crippen LogP contribution in [0, 0.1) is 0 Å². The van der Waals surface area contributed by atoms with Crippen LogP contribution in [0.4, 0.5) is 14.6 Å². The predicted octanol–water partition coefficient (Wildman–Crippen LogP) is 2.22. The highest BCUT2D eigenvalue weighted by molar-refractivity contribution is 6.28. The van der Waals surface area contributed by atoms with E-state index in [0.717, 1.165) is 0 Å². The second-order valence-electron chi connectivity index (χ2n) is 4.55. The van der Waals surface area contributed by atoms with Crippen LogP contribution in [0.2, 0.25) is 5.28 Å². The van der Waals surface area contributed by atoms with E-state index >= 15 is 0 Å². The molecule has 1 aliphatic carbocycles. The highest BCUT2D eigenvalue weighted by atomic mass is 35.5. The standard InChI is InChI=1S/C11H13ClF2N4O/c12-10-17-7(9(15)19)5-8(18-10)16-6-1-3-11(13,14)4-2-6/h5-6H,1-4H2,(H2,15,19)(H,16,17,18). The van der Waals surface area contributed by atoms with Gasteiger partial charge in [0, 0.05) is 24.9 Å². The van der Waals surface area contributed by atoms with Crippen molar-refractivity contribution >= 4 is 23.3 Å². The Bertz CT molecular complexity index is 488. The second kappa shape index (κ2) is 5.24. The molecule has 0 aliphatic heterocycles. The molecule has 104 valence electrons. The van der Waals surface area contributed by atoms with Crippen LogP contribution in [-0.4, -0.2) is 27.8 Å². The van der Waals surface area contributed by atoms with Gasteiger partial charge in [-0.1, -0.05) is 0 Å². The Kier molecular flexibility index (Phi) is 3.84. The normalized spacial score (nSPS) is 19.1. The van der Waals surface area contributed by atoms with Gasteiger partial charge in [0.05, 0.1) is 0 Å². The third kappa shape index (κ3) is 3.73. The first-order valence-corrected chi connectivity index (χ1v) is 6.22. The highest BCUT2D eigenvalue weighted by Crippen LogP contribution is 2.34. The molecule has 19 heavy (non-hydrogen) atoms. The number of carbonyl (C=O) groups excluding carboxylic acids is 1. The first-order chi connectivity index (χ1) is 8.85. The van der Waals surface area contributed by atoms with E-state index in [2.05, 4.69) is 15.3 Å². The molecular weight excluding hydrogens is 278 g/mol. The lowest BCUT2D eigenvalue weighted by Crippen LogP contribution is -2.32. The van der Waals surface area contributed by atoms with Gasteiger partial charge in [-0.2, -0.15) is 0 Å². The quantitative estimate of drug-likeness (QED) is 0.836. The molecule has 1 heterocycles. The lowest BCUT2D eigenvalue weighted by Gasteiger charge is -2.29. The maximum atomic E-state index is 13.0. The van der Waals surface area contributed by atoms with Crippen molar-refractivity contribution in [1.29, 1.82) is 0 Å². The number of alkyl halides is 2. The van der Waals surface area contributed by atoms with Crippen LogP contribution in [0.15, 0.2) is 6.07 Å². The number of hydrogen-bond donors (Lipinski definition) is 2. The minimum absolute atomic E-state index is 0.0105. The maximum absolute atomic E-state index is 13.0. The Morgan fingerprint density at radius 3 is 2.63 bits per heavy atom. The molecule has 1 aromatic rings. The molecule has 0 bridgehead atoms. The van der Waals surface area contributed by atoms with Gasteiger partial charge in [-0.25, -0.2) is 18.7 Å². The third-order valence-corrected chi connectivity index (χ3v) is 3.19. The number of nitrogens with one attached hydrogen (secondary N) is 1. The van der Waals surface area contributed by atoms with Crippen molar-refractivity contribution in [2.24, 2.45) is 5.73 Å². The Morgan fingerprint density at radius 2 is 2.05 bits per heavy atom. The van der Waals surface area contributed by atoms with Crippen LogP contribution in [-0.2, 0) is 0 Å². The number of nitrogens with zero attached hydrogens (tertiary/aromatic N) is 2. The van der Waals surface area contributed by atoms with Crippen LogP contribution >= 0.6 is 11.6 Å². The van der Waals surface area contributed by atoms with Crippen molar-refractivity contribution < 1.29 is 13.6 Å². The van der Waals surface area contributed by atoms with Crippen LogP contribution in [0.5, 0.6) is 0 Å². The summed E-state index contributed by atoms with van der Waals surface area (Å²) in [4.78, 5) is 18.6. The molecule has 1 saturated carbocycles. The van der Waals surface area contributed by atoms with Crippen molar-refractivity contribution in [3.8, 4) is 0 Å². The Labute approximate surface area is 113 Å². The number of halogens is 3. The predicted molar refractivity (Wildman–Crippen MR) is 66.4 cm³/mol. The first-order valence-electron chi connectivity index (χ1n) is 5.84. The molecule has 1 aliphatic rings. The molecule has 1 aromatic heterocycles. The van der Waals surface area contributed by atoms with E-state index in [-0.39, 0.29) is 29.9 Å². The van der Waals surface area contributed by atoms with E-state index in [9.17, 15) is 13.6 Å². The molecule has 0 atom stereocenters. The van der Waals surface area contributed by atoms with Crippen LogP contribution in [0.25, 0.3) is 0 Å². The van der Waals surface area contributed by atoms with Gasteiger partial charge < -0.3 is 11.1 Å². The molecule has 0 aromatic carbocycles. The summed E-state index contributed by atoms with van der Waals surface area (Å²) >= 11 is 5.67. The number of nitrogens with two attached hydrogens (primary N) is 1. The van der Waals surface area contributed by atoms with Crippen LogP contribution in [0.3, 0.4) is 0 Å².